The number of benzene rings is 1. The van der Waals surface area contributed by atoms with Crippen LogP contribution in [0.5, 0.6) is 11.5 Å². The molecule has 0 aliphatic rings. The van der Waals surface area contributed by atoms with E-state index in [2.05, 4.69) is 0 Å². The number of carbonyl (C=O) groups is 1. The number of ether oxygens (including phenoxy) is 1. The Morgan fingerprint density at radius 3 is 2.74 bits per heavy atom. The number of carboxylic acid groups (broad SMARTS) is 1. The zero-order valence-corrected chi connectivity index (χ0v) is 9.91. The minimum absolute atomic E-state index is 0.0216. The van der Waals surface area contributed by atoms with Gasteiger partial charge in [0, 0.05) is 17.5 Å². The highest BCUT2D eigenvalue weighted by atomic mass is 16.5. The van der Waals surface area contributed by atoms with Gasteiger partial charge in [0.1, 0.15) is 22.6 Å². The number of fused-ring (bicyclic) bond motifs is 1. The molecule has 1 aromatic heterocycles. The summed E-state index contributed by atoms with van der Waals surface area (Å²) in [6.45, 7) is 0. The molecule has 1 aromatic carbocycles. The monoisotopic (exact) mass is 262 g/mol. The SMILES string of the molecule is COc1cc(O)c2c(=O)oc(/C=C/C(=O)O)cc2c1. The molecule has 0 fully saturated rings. The van der Waals surface area contributed by atoms with E-state index in [0.717, 1.165) is 12.2 Å². The summed E-state index contributed by atoms with van der Waals surface area (Å²) in [5.74, 6) is -0.954. The topological polar surface area (TPSA) is 97.0 Å². The molecule has 98 valence electrons. The lowest BCUT2D eigenvalue weighted by molar-refractivity contribution is -0.131. The van der Waals surface area contributed by atoms with E-state index in [1.54, 1.807) is 6.07 Å². The first-order valence-corrected chi connectivity index (χ1v) is 5.27. The predicted octanol–water partition coefficient (Wildman–Crippen LogP) is 1.60. The van der Waals surface area contributed by atoms with Crippen LogP contribution in [0.2, 0.25) is 0 Å². The van der Waals surface area contributed by atoms with Crippen LogP contribution in [0.15, 0.2) is 33.5 Å². The van der Waals surface area contributed by atoms with Gasteiger partial charge in [0.05, 0.1) is 7.11 Å². The van der Waals surface area contributed by atoms with Crippen LogP contribution in [0, 0.1) is 0 Å². The molecule has 1 heterocycles. The molecule has 6 nitrogen and oxygen atoms in total. The minimum Gasteiger partial charge on any atom is -0.507 e. The molecule has 0 amide bonds. The first-order chi connectivity index (χ1) is 9.01. The molecular weight excluding hydrogens is 252 g/mol. The lowest BCUT2D eigenvalue weighted by Gasteiger charge is -2.04. The van der Waals surface area contributed by atoms with Crippen molar-refractivity contribution in [3.63, 3.8) is 0 Å². The number of phenols is 1. The third kappa shape index (κ3) is 2.57. The Labute approximate surface area is 107 Å². The van der Waals surface area contributed by atoms with Crippen molar-refractivity contribution in [3.05, 3.63) is 40.5 Å². The van der Waals surface area contributed by atoms with Gasteiger partial charge in [-0.25, -0.2) is 9.59 Å². The van der Waals surface area contributed by atoms with Crippen LogP contribution in [0.3, 0.4) is 0 Å². The van der Waals surface area contributed by atoms with Gasteiger partial charge < -0.3 is 19.4 Å². The molecule has 2 N–H and O–H groups in total. The summed E-state index contributed by atoms with van der Waals surface area (Å²) in [5.41, 5.74) is -0.748. The third-order valence-electron chi connectivity index (χ3n) is 2.46. The van der Waals surface area contributed by atoms with Crippen molar-refractivity contribution in [2.75, 3.05) is 7.11 Å². The van der Waals surface area contributed by atoms with Crippen LogP contribution in [0.4, 0.5) is 0 Å². The summed E-state index contributed by atoms with van der Waals surface area (Å²) >= 11 is 0. The van der Waals surface area contributed by atoms with Gasteiger partial charge >= 0.3 is 11.6 Å². The standard InChI is InChI=1S/C13H10O6/c1-18-9-5-7-4-8(2-3-11(15)16)19-13(17)12(7)10(14)6-9/h2-6,14H,1H3,(H,15,16)/b3-2+. The van der Waals surface area contributed by atoms with Crippen LogP contribution in [0.1, 0.15) is 5.76 Å². The van der Waals surface area contributed by atoms with Gasteiger partial charge in [-0.3, -0.25) is 0 Å². The zero-order chi connectivity index (χ0) is 14.0. The molecule has 0 unspecified atom stereocenters. The van der Waals surface area contributed by atoms with Gasteiger partial charge in [-0.1, -0.05) is 0 Å². The van der Waals surface area contributed by atoms with Crippen molar-refractivity contribution in [1.29, 1.82) is 0 Å². The van der Waals surface area contributed by atoms with E-state index in [0.29, 0.717) is 11.1 Å². The Kier molecular flexibility index (Phi) is 3.24. The van der Waals surface area contributed by atoms with Crippen molar-refractivity contribution in [3.8, 4) is 11.5 Å². The molecular formula is C13H10O6. The summed E-state index contributed by atoms with van der Waals surface area (Å²) in [6.07, 6.45) is 2.00. The van der Waals surface area contributed by atoms with E-state index in [9.17, 15) is 14.7 Å². The Bertz CT molecular complexity index is 726. The molecule has 6 heteroatoms. The zero-order valence-electron chi connectivity index (χ0n) is 9.91. The van der Waals surface area contributed by atoms with Crippen molar-refractivity contribution in [2.45, 2.75) is 0 Å². The van der Waals surface area contributed by atoms with Gasteiger partial charge in [0.2, 0.25) is 0 Å². The molecule has 0 bridgehead atoms. The fourth-order valence-corrected chi connectivity index (χ4v) is 1.65. The normalized spacial score (nSPS) is 11.0. The Morgan fingerprint density at radius 2 is 2.11 bits per heavy atom. The van der Waals surface area contributed by atoms with E-state index in [1.165, 1.54) is 19.2 Å². The first-order valence-electron chi connectivity index (χ1n) is 5.27. The largest absolute Gasteiger partial charge is 0.507 e. The highest BCUT2D eigenvalue weighted by Gasteiger charge is 2.10. The number of phenolic OH excluding ortho intramolecular Hbond substituents is 1. The number of carboxylic acids is 1. The second kappa shape index (κ2) is 4.85. The lowest BCUT2D eigenvalue weighted by atomic mass is 10.1. The molecule has 19 heavy (non-hydrogen) atoms. The van der Waals surface area contributed by atoms with E-state index in [4.69, 9.17) is 14.3 Å². The van der Waals surface area contributed by atoms with Crippen molar-refractivity contribution in [2.24, 2.45) is 0 Å². The quantitative estimate of drug-likeness (QED) is 0.815. The van der Waals surface area contributed by atoms with Crippen molar-refractivity contribution in [1.82, 2.24) is 0 Å². The number of aliphatic carboxylic acids is 1. The number of aromatic hydroxyl groups is 1. The minimum atomic E-state index is -1.16. The maximum Gasteiger partial charge on any atom is 0.347 e. The average Bonchev–Trinajstić information content (AvgIpc) is 2.35. The predicted molar refractivity (Wildman–Crippen MR) is 67.4 cm³/mol. The molecule has 0 aliphatic heterocycles. The molecule has 0 radical (unpaired) electrons. The van der Waals surface area contributed by atoms with Crippen molar-refractivity contribution < 1.29 is 24.2 Å². The van der Waals surface area contributed by atoms with Crippen LogP contribution >= 0.6 is 0 Å². The molecule has 0 aliphatic carbocycles. The average molecular weight is 262 g/mol. The fourth-order valence-electron chi connectivity index (χ4n) is 1.65. The van der Waals surface area contributed by atoms with Gasteiger partial charge in [0.15, 0.2) is 0 Å². The molecule has 2 rings (SSSR count). The van der Waals surface area contributed by atoms with Gasteiger partial charge in [-0.15, -0.1) is 0 Å². The number of hydrogen-bond donors (Lipinski definition) is 2. The lowest BCUT2D eigenvalue weighted by Crippen LogP contribution is -2.01. The Hall–Kier alpha value is -2.76. The molecule has 0 atom stereocenters. The highest BCUT2D eigenvalue weighted by molar-refractivity contribution is 5.90. The van der Waals surface area contributed by atoms with E-state index in [1.807, 2.05) is 0 Å². The van der Waals surface area contributed by atoms with Crippen LogP contribution < -0.4 is 10.4 Å². The summed E-state index contributed by atoms with van der Waals surface area (Å²) < 4.78 is 9.87. The second-order valence-electron chi connectivity index (χ2n) is 3.72. The number of methoxy groups -OCH3 is 1. The summed E-state index contributed by atoms with van der Waals surface area (Å²) in [6, 6.07) is 4.29. The molecule has 0 saturated carbocycles. The summed E-state index contributed by atoms with van der Waals surface area (Å²) in [4.78, 5) is 22.1. The highest BCUT2D eigenvalue weighted by Crippen LogP contribution is 2.28. The van der Waals surface area contributed by atoms with Crippen molar-refractivity contribution >= 4 is 22.8 Å². The van der Waals surface area contributed by atoms with E-state index < -0.39 is 11.6 Å². The number of hydrogen-bond acceptors (Lipinski definition) is 5. The van der Waals surface area contributed by atoms with E-state index >= 15 is 0 Å². The van der Waals surface area contributed by atoms with Gasteiger partial charge in [0.25, 0.3) is 0 Å². The Balaban J connectivity index is 2.68. The summed E-state index contributed by atoms with van der Waals surface area (Å²) in [5, 5.41) is 18.7. The Morgan fingerprint density at radius 1 is 1.37 bits per heavy atom. The summed E-state index contributed by atoms with van der Waals surface area (Å²) in [7, 11) is 1.43. The van der Waals surface area contributed by atoms with Gasteiger partial charge in [-0.2, -0.15) is 0 Å². The van der Waals surface area contributed by atoms with Crippen LogP contribution in [-0.2, 0) is 4.79 Å². The third-order valence-corrected chi connectivity index (χ3v) is 2.46. The van der Waals surface area contributed by atoms with Crippen LogP contribution in [-0.4, -0.2) is 23.3 Å². The number of rotatable bonds is 3. The van der Waals surface area contributed by atoms with Crippen LogP contribution in [0.25, 0.3) is 16.8 Å². The first kappa shape index (κ1) is 12.7. The fraction of sp³-hybridized carbons (Fsp3) is 0.0769. The molecule has 2 aromatic rings. The molecule has 0 saturated heterocycles. The van der Waals surface area contributed by atoms with E-state index in [-0.39, 0.29) is 16.9 Å². The second-order valence-corrected chi connectivity index (χ2v) is 3.72. The maximum atomic E-state index is 11.7. The van der Waals surface area contributed by atoms with Gasteiger partial charge in [-0.05, 0) is 18.2 Å². The molecule has 0 spiro atoms. The smallest absolute Gasteiger partial charge is 0.347 e. The maximum absolute atomic E-state index is 11.7.